The van der Waals surface area contributed by atoms with Gasteiger partial charge in [-0.3, -0.25) is 0 Å². The lowest BCUT2D eigenvalue weighted by atomic mass is 9.96. The van der Waals surface area contributed by atoms with E-state index in [2.05, 4.69) is 55.5 Å². The number of ether oxygens (including phenoxy) is 2. The van der Waals surface area contributed by atoms with Crippen molar-refractivity contribution in [3.05, 3.63) is 82.9 Å². The average molecular weight is 360 g/mol. The van der Waals surface area contributed by atoms with Crippen LogP contribution in [-0.4, -0.2) is 19.3 Å². The van der Waals surface area contributed by atoms with Crippen molar-refractivity contribution in [3.8, 4) is 22.6 Å². The summed E-state index contributed by atoms with van der Waals surface area (Å²) in [6, 6.07) is 20.5. The first-order valence-corrected chi connectivity index (χ1v) is 8.86. The van der Waals surface area contributed by atoms with Crippen LogP contribution >= 0.6 is 0 Å². The van der Waals surface area contributed by atoms with Crippen molar-refractivity contribution < 1.29 is 14.6 Å². The zero-order chi connectivity index (χ0) is 19.2. The minimum absolute atomic E-state index is 0.130. The van der Waals surface area contributed by atoms with Gasteiger partial charge in [-0.2, -0.15) is 0 Å². The molecule has 0 fully saturated rings. The molecule has 0 atom stereocenters. The molecule has 0 aliphatic carbocycles. The molecule has 3 heteroatoms. The van der Waals surface area contributed by atoms with E-state index in [-0.39, 0.29) is 6.61 Å². The molecule has 0 heterocycles. The molecule has 3 aromatic rings. The Labute approximate surface area is 160 Å². The summed E-state index contributed by atoms with van der Waals surface area (Å²) in [5.41, 5.74) is 6.42. The smallest absolute Gasteiger partial charge is 0.128 e. The number of rotatable bonds is 6. The van der Waals surface area contributed by atoms with Crippen LogP contribution in [0.3, 0.4) is 0 Å². The van der Waals surface area contributed by atoms with Crippen molar-refractivity contribution >= 4 is 12.2 Å². The molecular formula is C24H24O3. The molecule has 138 valence electrons. The van der Waals surface area contributed by atoms with E-state index in [1.54, 1.807) is 14.2 Å². The van der Waals surface area contributed by atoms with Crippen molar-refractivity contribution in [3.63, 3.8) is 0 Å². The Hall–Kier alpha value is -3.04. The van der Waals surface area contributed by atoms with Crippen LogP contribution in [-0.2, 0) is 6.61 Å². The third-order valence-corrected chi connectivity index (χ3v) is 4.70. The van der Waals surface area contributed by atoms with Gasteiger partial charge in [0.25, 0.3) is 0 Å². The Balaban J connectivity index is 1.97. The molecular weight excluding hydrogens is 336 g/mol. The molecule has 0 radical (unpaired) electrons. The Morgan fingerprint density at radius 2 is 1.52 bits per heavy atom. The number of benzene rings is 3. The van der Waals surface area contributed by atoms with Gasteiger partial charge in [0, 0.05) is 0 Å². The lowest BCUT2D eigenvalue weighted by molar-refractivity contribution is 0.265. The van der Waals surface area contributed by atoms with Crippen LogP contribution in [0.2, 0.25) is 0 Å². The van der Waals surface area contributed by atoms with E-state index < -0.39 is 0 Å². The van der Waals surface area contributed by atoms with Crippen molar-refractivity contribution in [1.29, 1.82) is 0 Å². The summed E-state index contributed by atoms with van der Waals surface area (Å²) in [7, 11) is 3.18. The minimum Gasteiger partial charge on any atom is -0.496 e. The highest BCUT2D eigenvalue weighted by atomic mass is 16.5. The lowest BCUT2D eigenvalue weighted by Crippen LogP contribution is -1.97. The van der Waals surface area contributed by atoms with Gasteiger partial charge in [0.1, 0.15) is 11.5 Å². The molecule has 0 bridgehead atoms. The maximum atomic E-state index is 9.56. The molecule has 0 spiro atoms. The molecule has 0 saturated carbocycles. The molecule has 0 aliphatic rings. The normalized spacial score (nSPS) is 11.0. The van der Waals surface area contributed by atoms with Crippen LogP contribution in [0.1, 0.15) is 22.3 Å². The summed E-state index contributed by atoms with van der Waals surface area (Å²) in [6.07, 6.45) is 4.12. The molecule has 3 aromatic carbocycles. The third kappa shape index (κ3) is 4.04. The summed E-state index contributed by atoms with van der Waals surface area (Å²) in [4.78, 5) is 0. The first kappa shape index (κ1) is 18.7. The lowest BCUT2D eigenvalue weighted by Gasteiger charge is -2.13. The van der Waals surface area contributed by atoms with Gasteiger partial charge in [0.2, 0.25) is 0 Å². The molecule has 0 amide bonds. The number of aliphatic hydroxyl groups excluding tert-OH is 1. The van der Waals surface area contributed by atoms with Crippen molar-refractivity contribution in [1.82, 2.24) is 0 Å². The van der Waals surface area contributed by atoms with E-state index in [4.69, 9.17) is 9.47 Å². The average Bonchev–Trinajstić information content (AvgIpc) is 2.72. The summed E-state index contributed by atoms with van der Waals surface area (Å²) in [6.45, 7) is 2.01. The largest absolute Gasteiger partial charge is 0.496 e. The van der Waals surface area contributed by atoms with Gasteiger partial charge < -0.3 is 14.6 Å². The Kier molecular flexibility index (Phi) is 5.94. The monoisotopic (exact) mass is 360 g/mol. The fourth-order valence-electron chi connectivity index (χ4n) is 3.21. The Morgan fingerprint density at radius 1 is 0.852 bits per heavy atom. The fourth-order valence-corrected chi connectivity index (χ4v) is 3.21. The topological polar surface area (TPSA) is 38.7 Å². The molecule has 3 rings (SSSR count). The first-order valence-electron chi connectivity index (χ1n) is 8.86. The van der Waals surface area contributed by atoms with Gasteiger partial charge in [0.15, 0.2) is 0 Å². The minimum atomic E-state index is -0.130. The summed E-state index contributed by atoms with van der Waals surface area (Å²) < 4.78 is 10.8. The van der Waals surface area contributed by atoms with Crippen LogP contribution in [0.25, 0.3) is 23.3 Å². The maximum absolute atomic E-state index is 9.56. The highest BCUT2D eigenvalue weighted by Crippen LogP contribution is 2.32. The SMILES string of the molecule is COc1cc(/C=C/c2cccc(-c3ccccc3)c2C)cc(OC)c1CO. The molecule has 3 nitrogen and oxygen atoms in total. The van der Waals surface area contributed by atoms with Crippen LogP contribution in [0, 0.1) is 6.92 Å². The molecule has 0 aromatic heterocycles. The second-order valence-electron chi connectivity index (χ2n) is 6.28. The Morgan fingerprint density at radius 3 is 2.11 bits per heavy atom. The van der Waals surface area contributed by atoms with Crippen LogP contribution in [0.5, 0.6) is 11.5 Å². The summed E-state index contributed by atoms with van der Waals surface area (Å²) in [5.74, 6) is 1.23. The van der Waals surface area contributed by atoms with Gasteiger partial charge in [-0.15, -0.1) is 0 Å². The summed E-state index contributed by atoms with van der Waals surface area (Å²) >= 11 is 0. The molecule has 0 saturated heterocycles. The van der Waals surface area contributed by atoms with E-state index >= 15 is 0 Å². The number of hydrogen-bond acceptors (Lipinski definition) is 3. The van der Waals surface area contributed by atoms with E-state index in [1.165, 1.54) is 16.7 Å². The zero-order valence-corrected chi connectivity index (χ0v) is 15.9. The number of aliphatic hydroxyl groups is 1. The summed E-state index contributed by atoms with van der Waals surface area (Å²) in [5, 5.41) is 9.56. The van der Waals surface area contributed by atoms with Gasteiger partial charge in [-0.1, -0.05) is 60.7 Å². The van der Waals surface area contributed by atoms with E-state index in [0.717, 1.165) is 11.1 Å². The second-order valence-corrected chi connectivity index (χ2v) is 6.28. The first-order chi connectivity index (χ1) is 13.2. The second kappa shape index (κ2) is 8.56. The molecule has 0 aliphatic heterocycles. The van der Waals surface area contributed by atoms with Gasteiger partial charge in [0.05, 0.1) is 26.4 Å². The van der Waals surface area contributed by atoms with E-state index in [0.29, 0.717) is 17.1 Å². The molecule has 1 N–H and O–H groups in total. The standard InChI is InChI=1S/C24H24O3/c1-17-19(10-7-11-21(17)20-8-5-4-6-9-20)13-12-18-14-23(26-2)22(16-25)24(15-18)27-3/h4-15,25H,16H2,1-3H3/b13-12+. The van der Waals surface area contributed by atoms with Gasteiger partial charge in [-0.05, 0) is 46.9 Å². The zero-order valence-electron chi connectivity index (χ0n) is 15.9. The third-order valence-electron chi connectivity index (χ3n) is 4.70. The quantitative estimate of drug-likeness (QED) is 0.603. The highest BCUT2D eigenvalue weighted by molar-refractivity contribution is 5.78. The number of methoxy groups -OCH3 is 2. The fraction of sp³-hybridized carbons (Fsp3) is 0.167. The van der Waals surface area contributed by atoms with Gasteiger partial charge >= 0.3 is 0 Å². The van der Waals surface area contributed by atoms with E-state index in [1.807, 2.05) is 24.3 Å². The van der Waals surface area contributed by atoms with E-state index in [9.17, 15) is 5.11 Å². The van der Waals surface area contributed by atoms with Crippen molar-refractivity contribution in [2.45, 2.75) is 13.5 Å². The predicted molar refractivity (Wildman–Crippen MR) is 111 cm³/mol. The Bertz CT molecular complexity index is 918. The highest BCUT2D eigenvalue weighted by Gasteiger charge is 2.11. The maximum Gasteiger partial charge on any atom is 0.128 e. The van der Waals surface area contributed by atoms with Crippen LogP contribution < -0.4 is 9.47 Å². The predicted octanol–water partition coefficient (Wildman–Crippen LogP) is 5.34. The molecule has 0 unspecified atom stereocenters. The van der Waals surface area contributed by atoms with Gasteiger partial charge in [-0.25, -0.2) is 0 Å². The van der Waals surface area contributed by atoms with Crippen molar-refractivity contribution in [2.24, 2.45) is 0 Å². The van der Waals surface area contributed by atoms with Crippen LogP contribution in [0.15, 0.2) is 60.7 Å². The van der Waals surface area contributed by atoms with Crippen molar-refractivity contribution in [2.75, 3.05) is 14.2 Å². The molecule has 27 heavy (non-hydrogen) atoms. The number of hydrogen-bond donors (Lipinski definition) is 1. The van der Waals surface area contributed by atoms with Crippen LogP contribution in [0.4, 0.5) is 0 Å².